The first-order valence-corrected chi connectivity index (χ1v) is 15.1. The zero-order valence-corrected chi connectivity index (χ0v) is 25.0. The first-order valence-electron chi connectivity index (χ1n) is 12.9. The van der Waals surface area contributed by atoms with Crippen molar-refractivity contribution in [2.24, 2.45) is 0 Å². The summed E-state index contributed by atoms with van der Waals surface area (Å²) in [4.78, 5) is 29.1. The Bertz CT molecular complexity index is 1410. The van der Waals surface area contributed by atoms with Gasteiger partial charge in [0, 0.05) is 24.0 Å². The van der Waals surface area contributed by atoms with Gasteiger partial charge >= 0.3 is 0 Å². The normalized spacial score (nSPS) is 12.1. The summed E-state index contributed by atoms with van der Waals surface area (Å²) in [6, 6.07) is 20.5. The SMILES string of the molecule is COc1ccc(Cl)cc1N(CC(=O)N(Cc1ccc(C)cc1)[C@@H](Cc1ccccc1)C(=O)NC(C)C)S(C)(=O)=O. The molecular weight excluding hydrogens is 550 g/mol. The molecule has 0 aliphatic heterocycles. The maximum absolute atomic E-state index is 14.1. The maximum Gasteiger partial charge on any atom is 0.244 e. The van der Waals surface area contributed by atoms with E-state index in [1.54, 1.807) is 12.1 Å². The number of nitrogens with zero attached hydrogens (tertiary/aromatic N) is 2. The largest absolute Gasteiger partial charge is 0.495 e. The van der Waals surface area contributed by atoms with Crippen LogP contribution in [0.1, 0.15) is 30.5 Å². The van der Waals surface area contributed by atoms with Crippen molar-refractivity contribution in [3.8, 4) is 5.75 Å². The maximum atomic E-state index is 14.1. The summed E-state index contributed by atoms with van der Waals surface area (Å²) >= 11 is 6.19. The van der Waals surface area contributed by atoms with Gasteiger partial charge in [0.2, 0.25) is 21.8 Å². The average Bonchev–Trinajstić information content (AvgIpc) is 2.89. The van der Waals surface area contributed by atoms with E-state index in [1.807, 2.05) is 75.4 Å². The summed E-state index contributed by atoms with van der Waals surface area (Å²) in [5, 5.41) is 3.22. The molecule has 0 saturated carbocycles. The van der Waals surface area contributed by atoms with Gasteiger partial charge in [-0.15, -0.1) is 0 Å². The molecule has 2 amide bonds. The van der Waals surface area contributed by atoms with Gasteiger partial charge in [0.1, 0.15) is 18.3 Å². The average molecular weight is 586 g/mol. The van der Waals surface area contributed by atoms with E-state index < -0.39 is 28.5 Å². The Morgan fingerprint density at radius 2 is 1.62 bits per heavy atom. The molecule has 3 aromatic carbocycles. The zero-order chi connectivity index (χ0) is 29.4. The van der Waals surface area contributed by atoms with Crippen LogP contribution in [0.15, 0.2) is 72.8 Å². The van der Waals surface area contributed by atoms with Crippen LogP contribution in [-0.4, -0.2) is 57.1 Å². The van der Waals surface area contributed by atoms with E-state index in [2.05, 4.69) is 5.32 Å². The number of sulfonamides is 1. The lowest BCUT2D eigenvalue weighted by Gasteiger charge is -2.34. The van der Waals surface area contributed by atoms with Crippen molar-refractivity contribution in [3.63, 3.8) is 0 Å². The molecule has 0 fully saturated rings. The Labute approximate surface area is 241 Å². The highest BCUT2D eigenvalue weighted by atomic mass is 35.5. The standard InChI is InChI=1S/C30H36ClN3O5S/c1-21(2)32-30(36)27(17-23-9-7-6-8-10-23)33(19-24-13-11-22(3)12-14-24)29(35)20-34(40(5,37)38)26-18-25(31)15-16-28(26)39-4/h6-16,18,21,27H,17,19-20H2,1-5H3,(H,32,36)/t27-/m0/s1. The van der Waals surface area contributed by atoms with E-state index in [0.29, 0.717) is 0 Å². The molecule has 1 atom stereocenters. The van der Waals surface area contributed by atoms with Crippen LogP contribution in [0.2, 0.25) is 5.02 Å². The van der Waals surface area contributed by atoms with Crippen molar-refractivity contribution in [1.82, 2.24) is 10.2 Å². The number of rotatable bonds is 12. The molecule has 0 saturated heterocycles. The molecule has 0 aliphatic carbocycles. The second-order valence-electron chi connectivity index (χ2n) is 9.96. The summed E-state index contributed by atoms with van der Waals surface area (Å²) in [6.07, 6.45) is 1.26. The Morgan fingerprint density at radius 3 is 2.20 bits per heavy atom. The van der Waals surface area contributed by atoms with Gasteiger partial charge in [0.05, 0.1) is 19.1 Å². The molecule has 0 aromatic heterocycles. The molecule has 0 bridgehead atoms. The fourth-order valence-electron chi connectivity index (χ4n) is 4.28. The van der Waals surface area contributed by atoms with Crippen LogP contribution in [0, 0.1) is 6.92 Å². The van der Waals surface area contributed by atoms with Crippen LogP contribution in [0.25, 0.3) is 0 Å². The van der Waals surface area contributed by atoms with E-state index in [9.17, 15) is 18.0 Å². The molecule has 0 heterocycles. The van der Waals surface area contributed by atoms with Gasteiger partial charge in [-0.1, -0.05) is 71.8 Å². The summed E-state index contributed by atoms with van der Waals surface area (Å²) in [6.45, 7) is 5.21. The summed E-state index contributed by atoms with van der Waals surface area (Å²) in [7, 11) is -2.54. The fraction of sp³-hybridized carbons (Fsp3) is 0.333. The highest BCUT2D eigenvalue weighted by Crippen LogP contribution is 2.33. The fourth-order valence-corrected chi connectivity index (χ4v) is 5.29. The molecule has 0 spiro atoms. The number of benzene rings is 3. The zero-order valence-electron chi connectivity index (χ0n) is 23.4. The molecule has 3 rings (SSSR count). The van der Waals surface area contributed by atoms with Gasteiger partial charge in [0.15, 0.2) is 0 Å². The third kappa shape index (κ3) is 8.47. The van der Waals surface area contributed by atoms with E-state index in [0.717, 1.165) is 27.3 Å². The minimum Gasteiger partial charge on any atom is -0.495 e. The Morgan fingerprint density at radius 1 is 0.975 bits per heavy atom. The number of methoxy groups -OCH3 is 1. The second kappa shape index (κ2) is 13.7. The summed E-state index contributed by atoms with van der Waals surface area (Å²) in [5.74, 6) is -0.635. The number of hydrogen-bond donors (Lipinski definition) is 1. The van der Waals surface area contributed by atoms with E-state index in [4.69, 9.17) is 16.3 Å². The summed E-state index contributed by atoms with van der Waals surface area (Å²) < 4.78 is 32.3. The molecule has 3 aromatic rings. The smallest absolute Gasteiger partial charge is 0.244 e. The lowest BCUT2D eigenvalue weighted by atomic mass is 10.0. The number of carbonyl (C=O) groups excluding carboxylic acids is 2. The molecule has 1 N–H and O–H groups in total. The molecule has 0 unspecified atom stereocenters. The van der Waals surface area contributed by atoms with Crippen molar-refractivity contribution in [3.05, 3.63) is 94.5 Å². The highest BCUT2D eigenvalue weighted by molar-refractivity contribution is 7.92. The van der Waals surface area contributed by atoms with Crippen LogP contribution in [0.3, 0.4) is 0 Å². The van der Waals surface area contributed by atoms with Gasteiger partial charge in [-0.05, 0) is 50.1 Å². The van der Waals surface area contributed by atoms with Crippen molar-refractivity contribution in [1.29, 1.82) is 0 Å². The predicted molar refractivity (Wildman–Crippen MR) is 159 cm³/mol. The van der Waals surface area contributed by atoms with Crippen LogP contribution in [-0.2, 0) is 32.6 Å². The first-order chi connectivity index (χ1) is 18.9. The van der Waals surface area contributed by atoms with E-state index in [1.165, 1.54) is 18.1 Å². The number of hydrogen-bond acceptors (Lipinski definition) is 5. The number of carbonyl (C=O) groups is 2. The predicted octanol–water partition coefficient (Wildman–Crippen LogP) is 4.59. The molecule has 8 nitrogen and oxygen atoms in total. The van der Waals surface area contributed by atoms with Crippen LogP contribution >= 0.6 is 11.6 Å². The van der Waals surface area contributed by atoms with E-state index >= 15 is 0 Å². The highest BCUT2D eigenvalue weighted by Gasteiger charge is 2.34. The molecule has 10 heteroatoms. The number of aryl methyl sites for hydroxylation is 1. The Kier molecular flexibility index (Phi) is 10.6. The van der Waals surface area contributed by atoms with Gasteiger partial charge in [-0.2, -0.15) is 0 Å². The van der Waals surface area contributed by atoms with Crippen LogP contribution < -0.4 is 14.4 Å². The molecular formula is C30H36ClN3O5S. The minimum atomic E-state index is -3.95. The third-order valence-corrected chi connectivity index (χ3v) is 7.63. The Hall–Kier alpha value is -3.56. The lowest BCUT2D eigenvalue weighted by molar-refractivity contribution is -0.140. The monoisotopic (exact) mass is 585 g/mol. The number of halogens is 1. The quantitative estimate of drug-likeness (QED) is 0.335. The van der Waals surface area contributed by atoms with E-state index in [-0.39, 0.29) is 41.4 Å². The van der Waals surface area contributed by atoms with Crippen LogP contribution in [0.5, 0.6) is 5.75 Å². The van der Waals surface area contributed by atoms with Crippen LogP contribution in [0.4, 0.5) is 5.69 Å². The van der Waals surface area contributed by atoms with Crippen molar-refractivity contribution >= 4 is 39.1 Å². The lowest BCUT2D eigenvalue weighted by Crippen LogP contribution is -2.54. The second-order valence-corrected chi connectivity index (χ2v) is 12.3. The topological polar surface area (TPSA) is 96.0 Å². The minimum absolute atomic E-state index is 0.104. The summed E-state index contributed by atoms with van der Waals surface area (Å²) in [5.41, 5.74) is 2.86. The molecule has 0 aliphatic rings. The Balaban J connectivity index is 2.09. The molecule has 0 radical (unpaired) electrons. The van der Waals surface area contributed by atoms with Gasteiger partial charge < -0.3 is 15.0 Å². The van der Waals surface area contributed by atoms with Crippen molar-refractivity contribution < 1.29 is 22.7 Å². The van der Waals surface area contributed by atoms with Crippen molar-refractivity contribution in [2.75, 3.05) is 24.2 Å². The van der Waals surface area contributed by atoms with Gasteiger partial charge in [0.25, 0.3) is 0 Å². The van der Waals surface area contributed by atoms with Crippen molar-refractivity contribution in [2.45, 2.75) is 45.8 Å². The van der Waals surface area contributed by atoms with Gasteiger partial charge in [-0.25, -0.2) is 8.42 Å². The number of nitrogens with one attached hydrogen (secondary N) is 1. The number of ether oxygens (including phenoxy) is 1. The molecule has 214 valence electrons. The number of amides is 2. The number of anilines is 1. The van der Waals surface area contributed by atoms with Gasteiger partial charge in [-0.3, -0.25) is 13.9 Å². The third-order valence-electron chi connectivity index (χ3n) is 6.26. The molecule has 40 heavy (non-hydrogen) atoms. The first kappa shape index (κ1) is 31.0.